The number of hydrogen-bond acceptors (Lipinski definition) is 5. The van der Waals surface area contributed by atoms with Crippen molar-refractivity contribution in [2.24, 2.45) is 0 Å². The first-order valence-corrected chi connectivity index (χ1v) is 14.6. The van der Waals surface area contributed by atoms with Gasteiger partial charge in [-0.05, 0) is 84.2 Å². The molecule has 7 nitrogen and oxygen atoms in total. The summed E-state index contributed by atoms with van der Waals surface area (Å²) in [7, 11) is 0. The molecule has 2 amide bonds. The van der Waals surface area contributed by atoms with Gasteiger partial charge in [-0.3, -0.25) is 14.9 Å². The van der Waals surface area contributed by atoms with Crippen LogP contribution in [0.15, 0.2) is 66.7 Å². The van der Waals surface area contributed by atoms with Crippen molar-refractivity contribution >= 4 is 52.1 Å². The number of nitrogens with zero attached hydrogens (tertiary/aromatic N) is 2. The van der Waals surface area contributed by atoms with Crippen LogP contribution in [0.25, 0.3) is 0 Å². The Labute approximate surface area is 252 Å². The van der Waals surface area contributed by atoms with Gasteiger partial charge in [-0.1, -0.05) is 51.4 Å². The molecule has 1 fully saturated rings. The van der Waals surface area contributed by atoms with Crippen molar-refractivity contribution in [2.75, 3.05) is 43.0 Å². The summed E-state index contributed by atoms with van der Waals surface area (Å²) in [6, 6.07) is 20.4. The van der Waals surface area contributed by atoms with Crippen LogP contribution < -0.4 is 20.3 Å². The molecular formula is C32H37ClN4O3S. The maximum absolute atomic E-state index is 13.0. The van der Waals surface area contributed by atoms with Gasteiger partial charge in [0.1, 0.15) is 5.75 Å². The number of halogens is 1. The minimum atomic E-state index is -0.279. The summed E-state index contributed by atoms with van der Waals surface area (Å²) in [4.78, 5) is 29.7. The molecule has 0 atom stereocenters. The van der Waals surface area contributed by atoms with Crippen LogP contribution in [-0.2, 0) is 5.41 Å². The van der Waals surface area contributed by atoms with Gasteiger partial charge >= 0.3 is 0 Å². The predicted molar refractivity (Wildman–Crippen MR) is 171 cm³/mol. The van der Waals surface area contributed by atoms with Gasteiger partial charge in [0, 0.05) is 43.0 Å². The van der Waals surface area contributed by atoms with E-state index in [2.05, 4.69) is 43.2 Å². The zero-order chi connectivity index (χ0) is 29.6. The molecule has 9 heteroatoms. The highest BCUT2D eigenvalue weighted by Crippen LogP contribution is 2.30. The number of carbonyl (C=O) groups is 2. The molecule has 4 rings (SSSR count). The van der Waals surface area contributed by atoms with Gasteiger partial charge in [-0.15, -0.1) is 0 Å². The third kappa shape index (κ3) is 7.99. The lowest BCUT2D eigenvalue weighted by Crippen LogP contribution is -2.48. The SMILES string of the molecule is CCCOc1ccc(C(=O)N2CCN(c3ccc(NC(=S)NC(=O)c4ccc(C(C)(C)C)cc4)cc3Cl)CC2)cc1. The van der Waals surface area contributed by atoms with E-state index in [0.717, 1.165) is 23.4 Å². The Kier molecular flexibility index (Phi) is 9.89. The molecule has 0 aromatic heterocycles. The number of piperazine rings is 1. The van der Waals surface area contributed by atoms with Gasteiger partial charge in [0.15, 0.2) is 5.11 Å². The standard InChI is InChI=1S/C32H37ClN4O3S/c1-5-20-40-26-13-8-23(9-14-26)30(39)37-18-16-36(17-19-37)28-15-12-25(21-27(28)33)34-31(41)35-29(38)22-6-10-24(11-7-22)32(2,3)4/h6-15,21H,5,16-20H2,1-4H3,(H2,34,35,38,41). The third-order valence-corrected chi connectivity index (χ3v) is 7.43. The number of ether oxygens (including phenoxy) is 1. The van der Waals surface area contributed by atoms with Crippen LogP contribution >= 0.6 is 23.8 Å². The fourth-order valence-electron chi connectivity index (χ4n) is 4.55. The van der Waals surface area contributed by atoms with Gasteiger partial charge in [-0.25, -0.2) is 0 Å². The molecule has 3 aromatic rings. The number of hydrogen-bond donors (Lipinski definition) is 2. The van der Waals surface area contributed by atoms with E-state index in [9.17, 15) is 9.59 Å². The van der Waals surface area contributed by atoms with Gasteiger partial charge in [-0.2, -0.15) is 0 Å². The third-order valence-electron chi connectivity index (χ3n) is 6.93. The lowest BCUT2D eigenvalue weighted by molar-refractivity contribution is 0.0746. The first-order valence-electron chi connectivity index (χ1n) is 13.8. The highest BCUT2D eigenvalue weighted by molar-refractivity contribution is 7.80. The smallest absolute Gasteiger partial charge is 0.257 e. The topological polar surface area (TPSA) is 73.9 Å². The minimum absolute atomic E-state index is 0.0121. The number of anilines is 2. The van der Waals surface area contributed by atoms with Crippen molar-refractivity contribution in [1.82, 2.24) is 10.2 Å². The van der Waals surface area contributed by atoms with E-state index >= 15 is 0 Å². The molecule has 3 aromatic carbocycles. The molecule has 216 valence electrons. The number of amides is 2. The summed E-state index contributed by atoms with van der Waals surface area (Å²) in [6.45, 7) is 11.6. The largest absolute Gasteiger partial charge is 0.494 e. The minimum Gasteiger partial charge on any atom is -0.494 e. The van der Waals surface area contributed by atoms with Gasteiger partial charge < -0.3 is 19.9 Å². The molecule has 41 heavy (non-hydrogen) atoms. The summed E-state index contributed by atoms with van der Waals surface area (Å²) < 4.78 is 5.61. The molecule has 1 heterocycles. The summed E-state index contributed by atoms with van der Waals surface area (Å²) in [6.07, 6.45) is 0.938. The zero-order valence-electron chi connectivity index (χ0n) is 24.0. The molecule has 0 aliphatic carbocycles. The maximum Gasteiger partial charge on any atom is 0.257 e. The fourth-order valence-corrected chi connectivity index (χ4v) is 5.06. The van der Waals surface area contributed by atoms with Crippen LogP contribution in [0.4, 0.5) is 11.4 Å². The van der Waals surface area contributed by atoms with E-state index in [-0.39, 0.29) is 22.3 Å². The number of rotatable bonds is 7. The number of carbonyl (C=O) groups excluding carboxylic acids is 2. The van der Waals surface area contributed by atoms with E-state index in [1.165, 1.54) is 0 Å². The van der Waals surface area contributed by atoms with E-state index in [0.29, 0.717) is 54.6 Å². The summed E-state index contributed by atoms with van der Waals surface area (Å²) >= 11 is 12.0. The molecule has 1 saturated heterocycles. The Hall–Kier alpha value is -3.62. The normalized spacial score (nSPS) is 13.5. The molecule has 0 saturated carbocycles. The Morgan fingerprint density at radius 1 is 0.927 bits per heavy atom. The second kappa shape index (κ2) is 13.4. The van der Waals surface area contributed by atoms with E-state index in [1.807, 2.05) is 53.4 Å². The summed E-state index contributed by atoms with van der Waals surface area (Å²) in [5, 5.41) is 6.51. The Morgan fingerprint density at radius 2 is 1.56 bits per heavy atom. The van der Waals surface area contributed by atoms with Crippen molar-refractivity contribution in [3.8, 4) is 5.75 Å². The Balaban J connectivity index is 1.29. The first kappa shape index (κ1) is 30.3. The maximum atomic E-state index is 13.0. The molecule has 0 bridgehead atoms. The van der Waals surface area contributed by atoms with Crippen LogP contribution in [0.1, 0.15) is 60.4 Å². The van der Waals surface area contributed by atoms with Crippen LogP contribution in [0.3, 0.4) is 0 Å². The molecule has 0 radical (unpaired) electrons. The number of nitrogens with one attached hydrogen (secondary N) is 2. The average Bonchev–Trinajstić information content (AvgIpc) is 2.96. The molecular weight excluding hydrogens is 556 g/mol. The van der Waals surface area contributed by atoms with Crippen LogP contribution in [-0.4, -0.2) is 54.6 Å². The molecule has 0 unspecified atom stereocenters. The number of thiocarbonyl (C=S) groups is 1. The van der Waals surface area contributed by atoms with Crippen LogP contribution in [0.2, 0.25) is 5.02 Å². The van der Waals surface area contributed by atoms with Crippen molar-refractivity contribution in [3.63, 3.8) is 0 Å². The second-order valence-corrected chi connectivity index (χ2v) is 11.9. The zero-order valence-corrected chi connectivity index (χ0v) is 25.6. The van der Waals surface area contributed by atoms with E-state index < -0.39 is 0 Å². The monoisotopic (exact) mass is 592 g/mol. The molecule has 0 spiro atoms. The molecule has 1 aliphatic heterocycles. The van der Waals surface area contributed by atoms with E-state index in [1.54, 1.807) is 18.2 Å². The fraction of sp³-hybridized carbons (Fsp3) is 0.344. The predicted octanol–water partition coefficient (Wildman–Crippen LogP) is 6.52. The Bertz CT molecular complexity index is 1380. The van der Waals surface area contributed by atoms with Gasteiger partial charge in [0.25, 0.3) is 11.8 Å². The average molecular weight is 593 g/mol. The van der Waals surface area contributed by atoms with Crippen molar-refractivity contribution in [3.05, 3.63) is 88.4 Å². The van der Waals surface area contributed by atoms with E-state index in [4.69, 9.17) is 28.6 Å². The van der Waals surface area contributed by atoms with Crippen molar-refractivity contribution in [1.29, 1.82) is 0 Å². The van der Waals surface area contributed by atoms with Gasteiger partial charge in [0.05, 0.1) is 17.3 Å². The van der Waals surface area contributed by atoms with Crippen molar-refractivity contribution in [2.45, 2.75) is 39.5 Å². The highest BCUT2D eigenvalue weighted by atomic mass is 35.5. The van der Waals surface area contributed by atoms with Gasteiger partial charge in [0.2, 0.25) is 0 Å². The van der Waals surface area contributed by atoms with Crippen LogP contribution in [0.5, 0.6) is 5.75 Å². The van der Waals surface area contributed by atoms with Crippen molar-refractivity contribution < 1.29 is 14.3 Å². The second-order valence-electron chi connectivity index (χ2n) is 11.1. The highest BCUT2D eigenvalue weighted by Gasteiger charge is 2.24. The lowest BCUT2D eigenvalue weighted by atomic mass is 9.87. The first-order chi connectivity index (χ1) is 19.5. The lowest BCUT2D eigenvalue weighted by Gasteiger charge is -2.36. The summed E-state index contributed by atoms with van der Waals surface area (Å²) in [5.41, 5.74) is 3.91. The molecule has 1 aliphatic rings. The summed E-state index contributed by atoms with van der Waals surface area (Å²) in [5.74, 6) is 0.506. The molecule has 2 N–H and O–H groups in total. The van der Waals surface area contributed by atoms with Crippen LogP contribution in [0, 0.1) is 0 Å². The number of benzene rings is 3. The Morgan fingerprint density at radius 3 is 2.15 bits per heavy atom. The quantitative estimate of drug-likeness (QED) is 0.305.